The van der Waals surface area contributed by atoms with E-state index in [1.807, 2.05) is 30.6 Å². The maximum Gasteiger partial charge on any atom is 0.0891 e. The topological polar surface area (TPSA) is 25.2 Å². The van der Waals surface area contributed by atoms with Crippen molar-refractivity contribution < 1.29 is 0 Å². The molecule has 0 N–H and O–H groups in total. The van der Waals surface area contributed by atoms with Crippen molar-refractivity contribution in [2.45, 2.75) is 13.0 Å². The highest BCUT2D eigenvalue weighted by atomic mass is 31.1. The summed E-state index contributed by atoms with van der Waals surface area (Å²) in [5.41, 5.74) is 2.14. The number of aromatic nitrogens is 1. The van der Waals surface area contributed by atoms with Crippen molar-refractivity contribution in [3.05, 3.63) is 121 Å². The van der Waals surface area contributed by atoms with Crippen LogP contribution in [0.4, 0.5) is 0 Å². The molecule has 1 heterocycles. The molecule has 142 valence electrons. The first-order valence-electron chi connectivity index (χ1n) is 9.76. The highest BCUT2D eigenvalue weighted by Gasteiger charge is 2.18. The predicted molar refractivity (Wildman–Crippen MR) is 125 cm³/mol. The third kappa shape index (κ3) is 4.67. The van der Waals surface area contributed by atoms with Crippen molar-refractivity contribution in [1.82, 2.24) is 4.98 Å². The number of hydrogen-bond acceptors (Lipinski definition) is 2. The molecule has 3 heteroatoms. The molecule has 0 aliphatic rings. The van der Waals surface area contributed by atoms with Gasteiger partial charge in [-0.25, -0.2) is 0 Å². The van der Waals surface area contributed by atoms with Crippen LogP contribution in [0, 0.1) is 0 Å². The van der Waals surface area contributed by atoms with Crippen LogP contribution in [-0.2, 0) is 0 Å². The molecule has 0 aliphatic heterocycles. The van der Waals surface area contributed by atoms with Crippen LogP contribution in [-0.4, -0.2) is 11.2 Å². The van der Waals surface area contributed by atoms with Gasteiger partial charge in [0.2, 0.25) is 0 Å². The van der Waals surface area contributed by atoms with Crippen LogP contribution in [0.25, 0.3) is 0 Å². The average molecular weight is 394 g/mol. The monoisotopic (exact) mass is 394 g/mol. The van der Waals surface area contributed by atoms with Crippen LogP contribution in [0.3, 0.4) is 0 Å². The Labute approximate surface area is 173 Å². The molecule has 1 aromatic heterocycles. The van der Waals surface area contributed by atoms with Crippen LogP contribution >= 0.6 is 7.92 Å². The van der Waals surface area contributed by atoms with E-state index in [0.29, 0.717) is 0 Å². The van der Waals surface area contributed by atoms with Crippen molar-refractivity contribution in [3.63, 3.8) is 0 Å². The van der Waals surface area contributed by atoms with E-state index in [0.717, 1.165) is 11.3 Å². The van der Waals surface area contributed by atoms with Gasteiger partial charge in [-0.05, 0) is 42.9 Å². The van der Waals surface area contributed by atoms with E-state index >= 15 is 0 Å². The Bertz CT molecular complexity index is 1020. The summed E-state index contributed by atoms with van der Waals surface area (Å²) in [4.78, 5) is 9.25. The number of nitrogens with zero attached hydrogens (tertiary/aromatic N) is 2. The molecular weight excluding hydrogens is 371 g/mol. The molecular formula is C26H23N2P. The summed E-state index contributed by atoms with van der Waals surface area (Å²) < 4.78 is 0. The van der Waals surface area contributed by atoms with Gasteiger partial charge < -0.3 is 0 Å². The molecule has 0 radical (unpaired) electrons. The quantitative estimate of drug-likeness (QED) is 0.333. The Hall–Kier alpha value is -3.09. The van der Waals surface area contributed by atoms with E-state index in [4.69, 9.17) is 4.99 Å². The fourth-order valence-electron chi connectivity index (χ4n) is 3.27. The van der Waals surface area contributed by atoms with Gasteiger partial charge in [-0.2, -0.15) is 0 Å². The van der Waals surface area contributed by atoms with Crippen LogP contribution in [0.2, 0.25) is 0 Å². The minimum Gasteiger partial charge on any atom is -0.283 e. The molecule has 1 atom stereocenters. The summed E-state index contributed by atoms with van der Waals surface area (Å²) in [6.07, 6.45) is 3.83. The minimum atomic E-state index is -0.659. The van der Waals surface area contributed by atoms with Gasteiger partial charge in [-0.1, -0.05) is 91.0 Å². The first-order valence-corrected chi connectivity index (χ1v) is 11.1. The normalized spacial score (nSPS) is 12.3. The van der Waals surface area contributed by atoms with Crippen LogP contribution < -0.4 is 15.9 Å². The summed E-state index contributed by atoms with van der Waals surface area (Å²) in [5, 5.41) is 4.00. The number of aliphatic imine (C=N–C) groups is 1. The van der Waals surface area contributed by atoms with Gasteiger partial charge in [0.25, 0.3) is 0 Å². The maximum absolute atomic E-state index is 4.82. The second kappa shape index (κ2) is 9.41. The van der Waals surface area contributed by atoms with Gasteiger partial charge >= 0.3 is 0 Å². The zero-order valence-corrected chi connectivity index (χ0v) is 17.3. The molecule has 1 unspecified atom stereocenters. The van der Waals surface area contributed by atoms with E-state index in [1.54, 1.807) is 0 Å². The maximum atomic E-state index is 4.82. The summed E-state index contributed by atoms with van der Waals surface area (Å²) in [6.45, 7) is 2.08. The largest absolute Gasteiger partial charge is 0.283 e. The molecule has 3 aromatic carbocycles. The highest BCUT2D eigenvalue weighted by Crippen LogP contribution is 2.33. The van der Waals surface area contributed by atoms with E-state index in [1.165, 1.54) is 15.9 Å². The SMILES string of the molecule is CC(/N=C/c1ccccc1P(c1ccccc1)c1ccccc1)c1ccccn1. The number of hydrogen-bond donors (Lipinski definition) is 0. The van der Waals surface area contributed by atoms with Crippen molar-refractivity contribution in [3.8, 4) is 0 Å². The van der Waals surface area contributed by atoms with Crippen LogP contribution in [0.5, 0.6) is 0 Å². The van der Waals surface area contributed by atoms with E-state index in [9.17, 15) is 0 Å². The fourth-order valence-corrected chi connectivity index (χ4v) is 5.69. The zero-order chi connectivity index (χ0) is 19.9. The Kier molecular flexibility index (Phi) is 6.24. The molecule has 0 bridgehead atoms. The van der Waals surface area contributed by atoms with Crippen LogP contribution in [0.1, 0.15) is 24.2 Å². The third-order valence-corrected chi connectivity index (χ3v) is 7.28. The van der Waals surface area contributed by atoms with Gasteiger partial charge in [0.15, 0.2) is 0 Å². The lowest BCUT2D eigenvalue weighted by molar-refractivity contribution is 0.787. The van der Waals surface area contributed by atoms with E-state index < -0.39 is 7.92 Å². The first kappa shape index (κ1) is 19.2. The molecule has 0 saturated heterocycles. The lowest BCUT2D eigenvalue weighted by Crippen LogP contribution is -2.23. The van der Waals surface area contributed by atoms with Crippen molar-refractivity contribution >= 4 is 30.0 Å². The molecule has 4 aromatic rings. The van der Waals surface area contributed by atoms with Gasteiger partial charge in [0.05, 0.1) is 11.7 Å². The zero-order valence-electron chi connectivity index (χ0n) is 16.4. The van der Waals surface area contributed by atoms with Crippen molar-refractivity contribution in [2.24, 2.45) is 4.99 Å². The van der Waals surface area contributed by atoms with Gasteiger partial charge in [-0.3, -0.25) is 9.98 Å². The molecule has 0 fully saturated rings. The summed E-state index contributed by atoms with van der Waals surface area (Å²) in [6, 6.07) is 36.1. The average Bonchev–Trinajstić information content (AvgIpc) is 2.80. The van der Waals surface area contributed by atoms with Crippen molar-refractivity contribution in [1.29, 1.82) is 0 Å². The van der Waals surface area contributed by atoms with Gasteiger partial charge in [0, 0.05) is 18.0 Å². The number of rotatable bonds is 6. The summed E-state index contributed by atoms with van der Waals surface area (Å²) in [5.74, 6) is 0. The third-order valence-electron chi connectivity index (χ3n) is 4.76. The van der Waals surface area contributed by atoms with Gasteiger partial charge in [-0.15, -0.1) is 0 Å². The first-order chi connectivity index (χ1) is 14.3. The van der Waals surface area contributed by atoms with Gasteiger partial charge in [0.1, 0.15) is 0 Å². The molecule has 0 spiro atoms. The second-order valence-corrected chi connectivity index (χ2v) is 8.96. The van der Waals surface area contributed by atoms with Crippen LogP contribution in [0.15, 0.2) is 114 Å². The highest BCUT2D eigenvalue weighted by molar-refractivity contribution is 7.80. The standard InChI is InChI=1S/C26H23N2P/c1-21(25-17-10-11-19-27-25)28-20-22-12-8-9-18-26(22)29(23-13-4-2-5-14-23)24-15-6-3-7-16-24/h2-21H,1H3/b28-20+. The molecule has 0 aliphatic carbocycles. The Morgan fingerprint density at radius 1 is 0.724 bits per heavy atom. The molecule has 4 rings (SSSR count). The smallest absolute Gasteiger partial charge is 0.0891 e. The lowest BCUT2D eigenvalue weighted by atomic mass is 10.2. The van der Waals surface area contributed by atoms with E-state index in [2.05, 4.69) is 96.8 Å². The Morgan fingerprint density at radius 2 is 1.31 bits per heavy atom. The fraction of sp³-hybridized carbons (Fsp3) is 0.0769. The lowest BCUT2D eigenvalue weighted by Gasteiger charge is -2.21. The number of pyridine rings is 1. The summed E-state index contributed by atoms with van der Waals surface area (Å²) >= 11 is 0. The number of benzene rings is 3. The predicted octanol–water partition coefficient (Wildman–Crippen LogP) is 5.02. The molecule has 29 heavy (non-hydrogen) atoms. The minimum absolute atomic E-state index is 0.0175. The van der Waals surface area contributed by atoms with Crippen molar-refractivity contribution in [2.75, 3.05) is 0 Å². The van der Waals surface area contributed by atoms with E-state index in [-0.39, 0.29) is 6.04 Å². The Morgan fingerprint density at radius 3 is 1.93 bits per heavy atom. The second-order valence-electron chi connectivity index (χ2n) is 6.77. The summed E-state index contributed by atoms with van der Waals surface area (Å²) in [7, 11) is -0.659. The molecule has 0 saturated carbocycles. The Balaban J connectivity index is 1.74. The molecule has 0 amide bonds. The molecule has 2 nitrogen and oxygen atoms in total.